The highest BCUT2D eigenvalue weighted by molar-refractivity contribution is 5.58. The number of ether oxygens (including phenoxy) is 2. The van der Waals surface area contributed by atoms with Crippen molar-refractivity contribution in [3.8, 4) is 11.5 Å². The van der Waals surface area contributed by atoms with Crippen LogP contribution in [-0.2, 0) is 0 Å². The van der Waals surface area contributed by atoms with Gasteiger partial charge in [0.1, 0.15) is 0 Å². The molecule has 4 heteroatoms. The molecule has 0 saturated carbocycles. The molecule has 1 fully saturated rings. The van der Waals surface area contributed by atoms with Crippen molar-refractivity contribution in [3.63, 3.8) is 0 Å². The van der Waals surface area contributed by atoms with Crippen LogP contribution in [0.1, 0.15) is 32.3 Å². The summed E-state index contributed by atoms with van der Waals surface area (Å²) in [7, 11) is 3.35. The Morgan fingerprint density at radius 3 is 2.54 bits per heavy atom. The molecule has 1 aromatic carbocycles. The van der Waals surface area contributed by atoms with Gasteiger partial charge in [-0.2, -0.15) is 0 Å². The Labute approximate surface area is 147 Å². The normalized spacial score (nSPS) is 17.0. The molecule has 0 aromatic heterocycles. The van der Waals surface area contributed by atoms with Crippen LogP contribution in [0.3, 0.4) is 0 Å². The van der Waals surface area contributed by atoms with Crippen molar-refractivity contribution < 1.29 is 9.47 Å². The topological polar surface area (TPSA) is 24.9 Å². The van der Waals surface area contributed by atoms with Crippen molar-refractivity contribution in [2.45, 2.75) is 26.7 Å². The molecule has 4 nitrogen and oxygen atoms in total. The third kappa shape index (κ3) is 5.25. The highest BCUT2D eigenvalue weighted by atomic mass is 16.5. The number of hydrogen-bond donors (Lipinski definition) is 0. The maximum absolute atomic E-state index is 5.39. The van der Waals surface area contributed by atoms with Crippen LogP contribution in [-0.4, -0.2) is 63.3 Å². The van der Waals surface area contributed by atoms with Gasteiger partial charge in [-0.3, -0.25) is 4.90 Å². The maximum Gasteiger partial charge on any atom is 0.161 e. The van der Waals surface area contributed by atoms with Gasteiger partial charge >= 0.3 is 0 Å². The van der Waals surface area contributed by atoms with Crippen molar-refractivity contribution in [2.24, 2.45) is 0 Å². The van der Waals surface area contributed by atoms with Crippen LogP contribution in [0, 0.1) is 0 Å². The molecule has 1 aromatic rings. The second kappa shape index (κ2) is 9.70. The van der Waals surface area contributed by atoms with Crippen LogP contribution < -0.4 is 9.47 Å². The van der Waals surface area contributed by atoms with Gasteiger partial charge in [0.25, 0.3) is 0 Å². The lowest BCUT2D eigenvalue weighted by Crippen LogP contribution is -2.28. The second-order valence-electron chi connectivity index (χ2n) is 6.32. The molecule has 1 heterocycles. The summed E-state index contributed by atoms with van der Waals surface area (Å²) in [6.45, 7) is 11.5. The van der Waals surface area contributed by atoms with Gasteiger partial charge in [-0.15, -0.1) is 0 Å². The van der Waals surface area contributed by atoms with Crippen LogP contribution in [0.5, 0.6) is 11.5 Å². The van der Waals surface area contributed by atoms with E-state index >= 15 is 0 Å². The number of likely N-dealkylation sites (tertiary alicyclic amines) is 1. The minimum atomic E-state index is 0.782. The molecule has 0 N–H and O–H groups in total. The zero-order chi connectivity index (χ0) is 17.4. The van der Waals surface area contributed by atoms with Gasteiger partial charge < -0.3 is 14.4 Å². The van der Waals surface area contributed by atoms with Crippen molar-refractivity contribution in [3.05, 3.63) is 29.3 Å². The molecule has 1 aliphatic rings. The predicted molar refractivity (Wildman–Crippen MR) is 101 cm³/mol. The van der Waals surface area contributed by atoms with E-state index < -0.39 is 0 Å². The van der Waals surface area contributed by atoms with Gasteiger partial charge in [-0.1, -0.05) is 31.6 Å². The lowest BCUT2D eigenvalue weighted by Gasteiger charge is -2.20. The summed E-state index contributed by atoms with van der Waals surface area (Å²) in [5.41, 5.74) is 2.69. The van der Waals surface area contributed by atoms with Gasteiger partial charge in [0.15, 0.2) is 11.5 Å². The van der Waals surface area contributed by atoms with Crippen LogP contribution in [0.4, 0.5) is 0 Å². The Balaban J connectivity index is 1.87. The maximum atomic E-state index is 5.39. The zero-order valence-corrected chi connectivity index (χ0v) is 15.7. The van der Waals surface area contributed by atoms with Crippen molar-refractivity contribution in [2.75, 3.05) is 53.5 Å². The molecule has 1 aliphatic heterocycles. The average Bonchev–Trinajstić information content (AvgIpc) is 3.06. The fourth-order valence-corrected chi connectivity index (χ4v) is 3.29. The van der Waals surface area contributed by atoms with Crippen LogP contribution in [0.25, 0.3) is 6.08 Å². The van der Waals surface area contributed by atoms with E-state index in [4.69, 9.17) is 9.47 Å². The summed E-state index contributed by atoms with van der Waals surface area (Å²) in [6, 6.07) is 6.12. The Morgan fingerprint density at radius 2 is 1.88 bits per heavy atom. The monoisotopic (exact) mass is 332 g/mol. The molecule has 0 amide bonds. The highest BCUT2D eigenvalue weighted by Gasteiger charge is 2.16. The fourth-order valence-electron chi connectivity index (χ4n) is 3.29. The Kier molecular flexibility index (Phi) is 7.60. The third-order valence-electron chi connectivity index (χ3n) is 4.80. The van der Waals surface area contributed by atoms with Crippen LogP contribution >= 0.6 is 0 Å². The number of hydrogen-bond acceptors (Lipinski definition) is 4. The number of methoxy groups -OCH3 is 2. The molecule has 24 heavy (non-hydrogen) atoms. The smallest absolute Gasteiger partial charge is 0.161 e. The Morgan fingerprint density at radius 1 is 1.12 bits per heavy atom. The van der Waals surface area contributed by atoms with Gasteiger partial charge in [-0.25, -0.2) is 0 Å². The van der Waals surface area contributed by atoms with Gasteiger partial charge in [-0.05, 0) is 56.7 Å². The second-order valence-corrected chi connectivity index (χ2v) is 6.32. The molecule has 0 bridgehead atoms. The minimum absolute atomic E-state index is 0.782. The molecule has 1 saturated heterocycles. The summed E-state index contributed by atoms with van der Waals surface area (Å²) < 4.78 is 10.7. The van der Waals surface area contributed by atoms with Gasteiger partial charge in [0.05, 0.1) is 14.2 Å². The standard InChI is InChI=1S/C20H32N2O2/c1-5-21(6-2)11-7-12-22-13-10-18(16-22)14-17-8-9-19(23-3)20(15-17)24-4/h8-9,14-15H,5-7,10-13,16H2,1-4H3/b18-14-. The molecule has 0 atom stereocenters. The SMILES string of the molecule is CCN(CC)CCCN1CC/C(=C/c2ccc(OC)c(OC)c2)C1. The lowest BCUT2D eigenvalue weighted by atomic mass is 10.1. The summed E-state index contributed by atoms with van der Waals surface area (Å²) >= 11 is 0. The van der Waals surface area contributed by atoms with Crippen molar-refractivity contribution >= 4 is 6.08 Å². The molecular formula is C20H32N2O2. The minimum Gasteiger partial charge on any atom is -0.493 e. The molecule has 134 valence electrons. The molecule has 0 unspecified atom stereocenters. The third-order valence-corrected chi connectivity index (χ3v) is 4.80. The number of benzene rings is 1. The summed E-state index contributed by atoms with van der Waals surface area (Å²) in [4.78, 5) is 5.06. The first-order valence-corrected chi connectivity index (χ1v) is 9.06. The van der Waals surface area contributed by atoms with E-state index in [0.717, 1.165) is 31.1 Å². The van der Waals surface area contributed by atoms with Gasteiger partial charge in [0.2, 0.25) is 0 Å². The quantitative estimate of drug-likeness (QED) is 0.691. The molecule has 2 rings (SSSR count). The van der Waals surface area contributed by atoms with E-state index in [-0.39, 0.29) is 0 Å². The van der Waals surface area contributed by atoms with E-state index in [1.54, 1.807) is 14.2 Å². The summed E-state index contributed by atoms with van der Waals surface area (Å²) in [6.07, 6.45) is 4.72. The molecule has 0 radical (unpaired) electrons. The molecule has 0 spiro atoms. The highest BCUT2D eigenvalue weighted by Crippen LogP contribution is 2.29. The lowest BCUT2D eigenvalue weighted by molar-refractivity contribution is 0.265. The van der Waals surface area contributed by atoms with E-state index in [9.17, 15) is 0 Å². The first-order valence-electron chi connectivity index (χ1n) is 9.06. The van der Waals surface area contributed by atoms with Crippen molar-refractivity contribution in [1.29, 1.82) is 0 Å². The number of rotatable bonds is 9. The summed E-state index contributed by atoms with van der Waals surface area (Å²) in [5, 5.41) is 0. The van der Waals surface area contributed by atoms with Crippen LogP contribution in [0.2, 0.25) is 0 Å². The largest absolute Gasteiger partial charge is 0.493 e. The first kappa shape index (κ1) is 18.8. The predicted octanol–water partition coefficient (Wildman–Crippen LogP) is 3.52. The Bertz CT molecular complexity index is 538. The van der Waals surface area contributed by atoms with Gasteiger partial charge in [0, 0.05) is 13.1 Å². The summed E-state index contributed by atoms with van der Waals surface area (Å²) in [5.74, 6) is 1.57. The molecular weight excluding hydrogens is 300 g/mol. The fraction of sp³-hybridized carbons (Fsp3) is 0.600. The average molecular weight is 332 g/mol. The first-order chi connectivity index (χ1) is 11.7. The van der Waals surface area contributed by atoms with E-state index in [1.165, 1.54) is 43.6 Å². The van der Waals surface area contributed by atoms with E-state index in [2.05, 4.69) is 41.9 Å². The van der Waals surface area contributed by atoms with E-state index in [1.807, 2.05) is 6.07 Å². The van der Waals surface area contributed by atoms with E-state index in [0.29, 0.717) is 0 Å². The Hall–Kier alpha value is -1.52. The molecule has 0 aliphatic carbocycles. The zero-order valence-electron chi connectivity index (χ0n) is 15.7. The van der Waals surface area contributed by atoms with Crippen molar-refractivity contribution in [1.82, 2.24) is 9.80 Å². The number of nitrogens with zero attached hydrogens (tertiary/aromatic N) is 2. The van der Waals surface area contributed by atoms with Crippen LogP contribution in [0.15, 0.2) is 23.8 Å².